The number of hydrogen-bond acceptors (Lipinski definition) is 6. The van der Waals surface area contributed by atoms with Gasteiger partial charge in [0.2, 0.25) is 5.17 Å². The molecule has 4 aromatic carbocycles. The van der Waals surface area contributed by atoms with Gasteiger partial charge in [-0.2, -0.15) is 10.4 Å². The maximum atomic E-state index is 9.01. The molecular formula is C29H20N6S. The molecule has 0 radical (unpaired) electrons. The van der Waals surface area contributed by atoms with E-state index in [0.717, 1.165) is 27.7 Å². The van der Waals surface area contributed by atoms with Gasteiger partial charge in [0.05, 0.1) is 29.2 Å². The molecule has 36 heavy (non-hydrogen) atoms. The summed E-state index contributed by atoms with van der Waals surface area (Å²) in [5.74, 6) is 0.675. The molecule has 0 atom stereocenters. The SMILES string of the molecule is N#Cc1ccc(C=NN=C2SC(=Nc3ccccc3)C(=Nc3ccccc3)N2c2ccccc2)cc1. The maximum Gasteiger partial charge on any atom is 0.202 e. The van der Waals surface area contributed by atoms with Gasteiger partial charge in [0.1, 0.15) is 5.04 Å². The number of nitrogens with zero attached hydrogens (tertiary/aromatic N) is 6. The second-order valence-electron chi connectivity index (χ2n) is 7.66. The normalized spacial score (nSPS) is 16.8. The molecule has 0 amide bonds. The van der Waals surface area contributed by atoms with E-state index in [1.165, 1.54) is 11.8 Å². The first-order valence-corrected chi connectivity index (χ1v) is 12.0. The molecule has 0 aromatic heterocycles. The molecule has 5 rings (SSSR count). The third kappa shape index (κ3) is 5.46. The molecule has 4 aromatic rings. The topological polar surface area (TPSA) is 76.5 Å². The van der Waals surface area contributed by atoms with Crippen LogP contribution in [-0.2, 0) is 0 Å². The largest absolute Gasteiger partial charge is 0.269 e. The summed E-state index contributed by atoms with van der Waals surface area (Å²) in [4.78, 5) is 11.8. The van der Waals surface area contributed by atoms with E-state index in [0.29, 0.717) is 16.6 Å². The third-order valence-corrected chi connectivity index (χ3v) is 6.08. The van der Waals surface area contributed by atoms with Crippen LogP contribution in [-0.4, -0.2) is 22.3 Å². The zero-order valence-electron chi connectivity index (χ0n) is 19.1. The van der Waals surface area contributed by atoms with Gasteiger partial charge in [0.25, 0.3) is 0 Å². The fourth-order valence-electron chi connectivity index (χ4n) is 3.44. The number of nitriles is 1. The van der Waals surface area contributed by atoms with Gasteiger partial charge in [-0.3, -0.25) is 4.90 Å². The van der Waals surface area contributed by atoms with Gasteiger partial charge in [-0.15, -0.1) is 5.10 Å². The van der Waals surface area contributed by atoms with E-state index in [-0.39, 0.29) is 0 Å². The van der Waals surface area contributed by atoms with Crippen molar-refractivity contribution in [1.82, 2.24) is 0 Å². The second-order valence-corrected chi connectivity index (χ2v) is 8.61. The molecular weight excluding hydrogens is 464 g/mol. The highest BCUT2D eigenvalue weighted by Crippen LogP contribution is 2.33. The Kier molecular flexibility index (Phi) is 7.07. The summed E-state index contributed by atoms with van der Waals surface area (Å²) < 4.78 is 0. The molecule has 1 fully saturated rings. The van der Waals surface area contributed by atoms with E-state index < -0.39 is 0 Å². The Morgan fingerprint density at radius 1 is 0.694 bits per heavy atom. The van der Waals surface area contributed by atoms with Crippen LogP contribution in [0, 0.1) is 11.3 Å². The van der Waals surface area contributed by atoms with Crippen LogP contribution in [0.5, 0.6) is 0 Å². The Hall–Kier alpha value is -4.80. The van der Waals surface area contributed by atoms with Gasteiger partial charge < -0.3 is 0 Å². The van der Waals surface area contributed by atoms with Crippen LogP contribution in [0.25, 0.3) is 0 Å². The van der Waals surface area contributed by atoms with Gasteiger partial charge >= 0.3 is 0 Å². The Morgan fingerprint density at radius 3 is 1.89 bits per heavy atom. The predicted molar refractivity (Wildman–Crippen MR) is 150 cm³/mol. The minimum Gasteiger partial charge on any atom is -0.269 e. The lowest BCUT2D eigenvalue weighted by molar-refractivity contribution is 1.24. The summed E-state index contributed by atoms with van der Waals surface area (Å²) in [5.41, 5.74) is 4.01. The molecule has 0 unspecified atom stereocenters. The smallest absolute Gasteiger partial charge is 0.202 e. The summed E-state index contributed by atoms with van der Waals surface area (Å²) in [6, 6.07) is 38.8. The van der Waals surface area contributed by atoms with E-state index in [4.69, 9.17) is 15.2 Å². The van der Waals surface area contributed by atoms with Crippen molar-refractivity contribution in [2.45, 2.75) is 0 Å². The standard InChI is InChI=1S/C29H20N6S/c30-20-22-16-18-23(19-17-22)21-31-34-29-35(26-14-8-3-9-15-26)27(32-24-10-4-1-5-11-24)28(36-29)33-25-12-6-2-7-13-25/h1-19,21H. The number of benzene rings is 4. The number of thioether (sulfide) groups is 1. The van der Waals surface area contributed by atoms with Gasteiger partial charge in [-0.25, -0.2) is 9.98 Å². The van der Waals surface area contributed by atoms with Gasteiger partial charge in [0, 0.05) is 5.69 Å². The first kappa shape index (κ1) is 23.0. The summed E-state index contributed by atoms with van der Waals surface area (Å²) in [6.45, 7) is 0. The molecule has 1 aliphatic rings. The minimum atomic E-state index is 0.601. The third-order valence-electron chi connectivity index (χ3n) is 5.16. The highest BCUT2D eigenvalue weighted by Gasteiger charge is 2.34. The number of amidine groups is 2. The fourth-order valence-corrected chi connectivity index (χ4v) is 4.37. The minimum absolute atomic E-state index is 0.601. The van der Waals surface area contributed by atoms with Crippen molar-refractivity contribution in [3.8, 4) is 6.07 Å². The van der Waals surface area contributed by atoms with Crippen molar-refractivity contribution in [3.05, 3.63) is 126 Å². The second kappa shape index (κ2) is 11.1. The van der Waals surface area contributed by atoms with E-state index in [2.05, 4.69) is 16.3 Å². The Bertz CT molecular complexity index is 1490. The predicted octanol–water partition coefficient (Wildman–Crippen LogP) is 6.96. The Balaban J connectivity index is 1.59. The average Bonchev–Trinajstić information content (AvgIpc) is 3.26. The molecule has 172 valence electrons. The van der Waals surface area contributed by atoms with Crippen LogP contribution in [0.15, 0.2) is 135 Å². The maximum absolute atomic E-state index is 9.01. The van der Waals surface area contributed by atoms with Gasteiger partial charge in [-0.1, -0.05) is 66.7 Å². The van der Waals surface area contributed by atoms with E-state index in [1.807, 2.05) is 108 Å². The molecule has 0 saturated carbocycles. The Labute approximate surface area is 213 Å². The van der Waals surface area contributed by atoms with Gasteiger partial charge in [0.15, 0.2) is 5.84 Å². The van der Waals surface area contributed by atoms with Crippen LogP contribution in [0.1, 0.15) is 11.1 Å². The lowest BCUT2D eigenvalue weighted by Gasteiger charge is -2.17. The Morgan fingerprint density at radius 2 is 1.28 bits per heavy atom. The van der Waals surface area contributed by atoms with E-state index in [9.17, 15) is 0 Å². The van der Waals surface area contributed by atoms with Crippen molar-refractivity contribution in [3.63, 3.8) is 0 Å². The van der Waals surface area contributed by atoms with E-state index in [1.54, 1.807) is 18.3 Å². The molecule has 6 nitrogen and oxygen atoms in total. The van der Waals surface area contributed by atoms with Crippen LogP contribution < -0.4 is 4.90 Å². The number of anilines is 1. The highest BCUT2D eigenvalue weighted by atomic mass is 32.2. The number of aliphatic imine (C=N–C) groups is 2. The van der Waals surface area contributed by atoms with Crippen molar-refractivity contribution in [2.24, 2.45) is 20.2 Å². The molecule has 0 N–H and O–H groups in total. The van der Waals surface area contributed by atoms with Crippen LogP contribution in [0.3, 0.4) is 0 Å². The van der Waals surface area contributed by atoms with Crippen LogP contribution >= 0.6 is 11.8 Å². The first-order valence-electron chi connectivity index (χ1n) is 11.2. The lowest BCUT2D eigenvalue weighted by atomic mass is 10.2. The van der Waals surface area contributed by atoms with Crippen molar-refractivity contribution in [1.29, 1.82) is 5.26 Å². The fraction of sp³-hybridized carbons (Fsp3) is 0. The molecule has 0 spiro atoms. The van der Waals surface area contributed by atoms with Crippen molar-refractivity contribution >= 4 is 51.1 Å². The number of rotatable bonds is 5. The summed E-state index contributed by atoms with van der Waals surface area (Å²) >= 11 is 1.42. The summed E-state index contributed by atoms with van der Waals surface area (Å²) in [5, 5.41) is 19.3. The summed E-state index contributed by atoms with van der Waals surface area (Å²) in [7, 11) is 0. The molecule has 7 heteroatoms. The highest BCUT2D eigenvalue weighted by molar-refractivity contribution is 8.29. The van der Waals surface area contributed by atoms with Crippen molar-refractivity contribution in [2.75, 3.05) is 4.90 Å². The number of para-hydroxylation sites is 3. The summed E-state index contributed by atoms with van der Waals surface area (Å²) in [6.07, 6.45) is 1.66. The molecule has 1 aliphatic heterocycles. The number of hydrogen-bond donors (Lipinski definition) is 0. The molecule has 1 heterocycles. The first-order chi connectivity index (χ1) is 17.8. The van der Waals surface area contributed by atoms with Crippen molar-refractivity contribution < 1.29 is 0 Å². The molecule has 0 aliphatic carbocycles. The van der Waals surface area contributed by atoms with Gasteiger partial charge in [-0.05, 0) is 65.9 Å². The van der Waals surface area contributed by atoms with E-state index >= 15 is 0 Å². The average molecular weight is 485 g/mol. The zero-order chi connectivity index (χ0) is 24.6. The van der Waals surface area contributed by atoms with Crippen LogP contribution in [0.2, 0.25) is 0 Å². The molecule has 0 bridgehead atoms. The lowest BCUT2D eigenvalue weighted by Crippen LogP contribution is -2.30. The zero-order valence-corrected chi connectivity index (χ0v) is 20.0. The van der Waals surface area contributed by atoms with Crippen LogP contribution in [0.4, 0.5) is 17.1 Å². The molecule has 1 saturated heterocycles. The monoisotopic (exact) mass is 484 g/mol. The quantitative estimate of drug-likeness (QED) is 0.227.